The molecule has 1 fully saturated rings. The number of carbonyl (C=O) groups excluding carboxylic acids is 1. The summed E-state index contributed by atoms with van der Waals surface area (Å²) in [6.07, 6.45) is 6.34. The largest absolute Gasteiger partial charge is 0.495 e. The summed E-state index contributed by atoms with van der Waals surface area (Å²) >= 11 is 1.87. The average Bonchev–Trinajstić information content (AvgIpc) is 3.32. The van der Waals surface area contributed by atoms with Crippen molar-refractivity contribution in [1.29, 1.82) is 0 Å². The van der Waals surface area contributed by atoms with Gasteiger partial charge >= 0.3 is 0 Å². The van der Waals surface area contributed by atoms with Gasteiger partial charge in [-0.05, 0) is 48.9 Å². The first kappa shape index (κ1) is 23.1. The highest BCUT2D eigenvalue weighted by atomic mass is 32.1. The smallest absolute Gasteiger partial charge is 0.221 e. The van der Waals surface area contributed by atoms with E-state index in [1.165, 1.54) is 43.9 Å². The molecule has 0 atom stereocenters. The lowest BCUT2D eigenvalue weighted by Crippen LogP contribution is -2.46. The number of benzene rings is 1. The van der Waals surface area contributed by atoms with Gasteiger partial charge in [0.15, 0.2) is 5.96 Å². The topological polar surface area (TPSA) is 74.8 Å². The molecule has 1 amide bonds. The van der Waals surface area contributed by atoms with E-state index in [0.29, 0.717) is 18.0 Å². The number of aliphatic imine (C=N–C) groups is 1. The molecule has 2 aromatic rings. The Hall–Kier alpha value is -2.54. The number of hydrogen-bond acceptors (Lipinski definition) is 4. The van der Waals surface area contributed by atoms with Gasteiger partial charge in [-0.1, -0.05) is 31.4 Å². The van der Waals surface area contributed by atoms with Gasteiger partial charge in [0.1, 0.15) is 5.75 Å². The van der Waals surface area contributed by atoms with Crippen LogP contribution in [0.1, 0.15) is 56.4 Å². The molecule has 1 aliphatic carbocycles. The van der Waals surface area contributed by atoms with E-state index >= 15 is 0 Å². The van der Waals surface area contributed by atoms with Crippen molar-refractivity contribution in [2.45, 2.75) is 57.9 Å². The molecule has 1 heterocycles. The normalized spacial score (nSPS) is 15.9. The second kappa shape index (κ2) is 11.2. The van der Waals surface area contributed by atoms with Gasteiger partial charge in [0.25, 0.3) is 0 Å². The summed E-state index contributed by atoms with van der Waals surface area (Å²) < 4.78 is 5.34. The van der Waals surface area contributed by atoms with Gasteiger partial charge in [0.05, 0.1) is 19.3 Å². The van der Waals surface area contributed by atoms with E-state index < -0.39 is 0 Å². The van der Waals surface area contributed by atoms with Crippen LogP contribution in [0.15, 0.2) is 40.7 Å². The Bertz CT molecular complexity index is 874. The fourth-order valence-electron chi connectivity index (χ4n) is 4.23. The second-order valence-corrected chi connectivity index (χ2v) is 9.03. The molecule has 1 saturated carbocycles. The number of thiophene rings is 1. The quantitative estimate of drug-likeness (QED) is 0.410. The lowest BCUT2D eigenvalue weighted by Gasteiger charge is -2.37. The van der Waals surface area contributed by atoms with Gasteiger partial charge in [-0.3, -0.25) is 4.79 Å². The average molecular weight is 443 g/mol. The van der Waals surface area contributed by atoms with Crippen LogP contribution in [0.2, 0.25) is 0 Å². The number of carbonyl (C=O) groups is 1. The number of rotatable bonds is 8. The lowest BCUT2D eigenvalue weighted by atomic mass is 9.73. The van der Waals surface area contributed by atoms with Gasteiger partial charge in [0.2, 0.25) is 5.91 Å². The van der Waals surface area contributed by atoms with Gasteiger partial charge < -0.3 is 20.7 Å². The maximum atomic E-state index is 11.5. The molecule has 1 aliphatic rings. The standard InChI is InChI=1S/C24H34N4O2S/c1-4-25-23(26-16-19-10-11-21(30-3)20(15-19)28-18(2)29)27-17-24(12-6-5-7-13-24)22-9-8-14-31-22/h8-11,14-15H,4-7,12-13,16-17H2,1-3H3,(H,28,29)(H2,25,26,27). The summed E-state index contributed by atoms with van der Waals surface area (Å²) in [6, 6.07) is 10.2. The first-order valence-electron chi connectivity index (χ1n) is 11.1. The van der Waals surface area contributed by atoms with Crippen molar-refractivity contribution in [2.75, 3.05) is 25.5 Å². The molecule has 6 nitrogen and oxygen atoms in total. The van der Waals surface area contributed by atoms with E-state index in [1.54, 1.807) is 7.11 Å². The van der Waals surface area contributed by atoms with Crippen molar-refractivity contribution in [1.82, 2.24) is 10.6 Å². The Balaban J connectivity index is 1.72. The predicted molar refractivity (Wildman–Crippen MR) is 129 cm³/mol. The fraction of sp³-hybridized carbons (Fsp3) is 0.500. The highest BCUT2D eigenvalue weighted by Crippen LogP contribution is 2.41. The maximum Gasteiger partial charge on any atom is 0.221 e. The number of hydrogen-bond donors (Lipinski definition) is 3. The van der Waals surface area contributed by atoms with Crippen molar-refractivity contribution >= 4 is 28.9 Å². The van der Waals surface area contributed by atoms with Gasteiger partial charge in [-0.2, -0.15) is 0 Å². The van der Waals surface area contributed by atoms with Crippen LogP contribution in [0.3, 0.4) is 0 Å². The first-order valence-corrected chi connectivity index (χ1v) is 11.9. The first-order chi connectivity index (χ1) is 15.1. The van der Waals surface area contributed by atoms with E-state index in [0.717, 1.165) is 24.6 Å². The lowest BCUT2D eigenvalue weighted by molar-refractivity contribution is -0.114. The van der Waals surface area contributed by atoms with E-state index in [-0.39, 0.29) is 11.3 Å². The minimum absolute atomic E-state index is 0.125. The monoisotopic (exact) mass is 442 g/mol. The van der Waals surface area contributed by atoms with Crippen LogP contribution in [0.25, 0.3) is 0 Å². The van der Waals surface area contributed by atoms with Crippen LogP contribution in [0, 0.1) is 0 Å². The highest BCUT2D eigenvalue weighted by molar-refractivity contribution is 7.10. The summed E-state index contributed by atoms with van der Waals surface area (Å²) in [5, 5.41) is 12.0. The van der Waals surface area contributed by atoms with E-state index in [9.17, 15) is 4.79 Å². The van der Waals surface area contributed by atoms with E-state index in [1.807, 2.05) is 29.5 Å². The maximum absolute atomic E-state index is 11.5. The Kier molecular flexibility index (Phi) is 8.35. The summed E-state index contributed by atoms with van der Waals surface area (Å²) in [5.41, 5.74) is 1.87. The van der Waals surface area contributed by atoms with Crippen molar-refractivity contribution in [2.24, 2.45) is 4.99 Å². The second-order valence-electron chi connectivity index (χ2n) is 8.08. The zero-order chi connectivity index (χ0) is 22.1. The van der Waals surface area contributed by atoms with Crippen LogP contribution in [-0.2, 0) is 16.8 Å². The Morgan fingerprint density at radius 3 is 2.65 bits per heavy atom. The number of ether oxygens (including phenoxy) is 1. The van der Waals surface area contributed by atoms with Crippen LogP contribution >= 0.6 is 11.3 Å². The van der Waals surface area contributed by atoms with Crippen LogP contribution in [0.4, 0.5) is 5.69 Å². The van der Waals surface area contributed by atoms with E-state index in [2.05, 4.69) is 40.4 Å². The third kappa shape index (κ3) is 6.23. The molecular formula is C24H34N4O2S. The molecule has 3 rings (SSSR count). The summed E-state index contributed by atoms with van der Waals surface area (Å²) in [6.45, 7) is 5.77. The Morgan fingerprint density at radius 1 is 1.19 bits per heavy atom. The van der Waals surface area contributed by atoms with Crippen molar-refractivity contribution < 1.29 is 9.53 Å². The van der Waals surface area contributed by atoms with Gasteiger partial charge in [-0.25, -0.2) is 4.99 Å². The highest BCUT2D eigenvalue weighted by Gasteiger charge is 2.34. The summed E-state index contributed by atoms with van der Waals surface area (Å²) in [7, 11) is 1.60. The minimum atomic E-state index is -0.125. The number of amides is 1. The molecule has 0 unspecified atom stereocenters. The number of nitrogens with one attached hydrogen (secondary N) is 3. The molecule has 0 aliphatic heterocycles. The molecule has 7 heteroatoms. The number of anilines is 1. The molecule has 0 saturated heterocycles. The fourth-order valence-corrected chi connectivity index (χ4v) is 5.21. The van der Waals surface area contributed by atoms with Crippen molar-refractivity contribution in [3.63, 3.8) is 0 Å². The molecule has 1 aromatic heterocycles. The van der Waals surface area contributed by atoms with Crippen molar-refractivity contribution in [3.8, 4) is 5.75 Å². The SMILES string of the molecule is CCNC(=NCc1ccc(OC)c(NC(C)=O)c1)NCC1(c2cccs2)CCCCC1. The van der Waals surface area contributed by atoms with Crippen LogP contribution < -0.4 is 20.7 Å². The Labute approximate surface area is 189 Å². The predicted octanol–water partition coefficient (Wildman–Crippen LogP) is 4.67. The molecule has 0 bridgehead atoms. The molecule has 0 spiro atoms. The zero-order valence-corrected chi connectivity index (χ0v) is 19.6. The number of nitrogens with zero attached hydrogens (tertiary/aromatic N) is 1. The zero-order valence-electron chi connectivity index (χ0n) is 18.8. The summed E-state index contributed by atoms with van der Waals surface area (Å²) in [4.78, 5) is 17.8. The van der Waals surface area contributed by atoms with E-state index in [4.69, 9.17) is 9.73 Å². The third-order valence-electron chi connectivity index (χ3n) is 5.79. The minimum Gasteiger partial charge on any atom is -0.495 e. The molecule has 168 valence electrons. The van der Waals surface area contributed by atoms with Crippen LogP contribution in [-0.4, -0.2) is 32.1 Å². The van der Waals surface area contributed by atoms with Gasteiger partial charge in [-0.15, -0.1) is 11.3 Å². The molecular weight excluding hydrogens is 408 g/mol. The molecule has 31 heavy (non-hydrogen) atoms. The number of guanidine groups is 1. The van der Waals surface area contributed by atoms with Crippen molar-refractivity contribution in [3.05, 3.63) is 46.2 Å². The molecule has 0 radical (unpaired) electrons. The van der Waals surface area contributed by atoms with Gasteiger partial charge in [0, 0.05) is 30.3 Å². The third-order valence-corrected chi connectivity index (χ3v) is 6.90. The Morgan fingerprint density at radius 2 is 2.00 bits per heavy atom. The van der Waals surface area contributed by atoms with Crippen LogP contribution in [0.5, 0.6) is 5.75 Å². The summed E-state index contributed by atoms with van der Waals surface area (Å²) in [5.74, 6) is 1.34. The molecule has 3 N–H and O–H groups in total. The molecule has 1 aromatic carbocycles. The number of methoxy groups -OCH3 is 1.